The monoisotopic (exact) mass is 312 g/mol. The molecule has 2 aliphatic heterocycles. The zero-order chi connectivity index (χ0) is 12.2. The van der Waals surface area contributed by atoms with Gasteiger partial charge in [0, 0.05) is 0 Å². The Kier molecular flexibility index (Phi) is 5.77. The molecule has 2 saturated heterocycles. The molecule has 0 bridgehead atoms. The molecule has 0 saturated carbocycles. The van der Waals surface area contributed by atoms with E-state index < -0.39 is 0 Å². The van der Waals surface area contributed by atoms with Crippen LogP contribution in [0.1, 0.15) is 19.3 Å². The van der Waals surface area contributed by atoms with Crippen LogP contribution in [0.3, 0.4) is 0 Å². The maximum atomic E-state index is 9.74. The van der Waals surface area contributed by atoms with Gasteiger partial charge < -0.3 is 10.2 Å². The SMILES string of the molecule is OCC1(CC2(CO)SCCCS2)SCCCS1. The molecule has 0 aromatic heterocycles. The lowest BCUT2D eigenvalue weighted by Gasteiger charge is -2.43. The molecule has 17 heavy (non-hydrogen) atoms. The fourth-order valence-corrected chi connectivity index (χ4v) is 8.94. The molecular weight excluding hydrogens is 292 g/mol. The van der Waals surface area contributed by atoms with Gasteiger partial charge in [-0.2, -0.15) is 0 Å². The Labute approximate surface area is 120 Å². The van der Waals surface area contributed by atoms with Crippen LogP contribution in [0, 0.1) is 0 Å². The third kappa shape index (κ3) is 3.66. The van der Waals surface area contributed by atoms with Crippen molar-refractivity contribution in [3.05, 3.63) is 0 Å². The van der Waals surface area contributed by atoms with Crippen LogP contribution in [0.4, 0.5) is 0 Å². The number of aliphatic hydroxyl groups excluding tert-OH is 2. The molecule has 2 heterocycles. The maximum absolute atomic E-state index is 9.74. The summed E-state index contributed by atoms with van der Waals surface area (Å²) < 4.78 is -0.142. The second-order valence-electron chi connectivity index (χ2n) is 4.42. The summed E-state index contributed by atoms with van der Waals surface area (Å²) in [4.78, 5) is 0. The first-order valence-electron chi connectivity index (χ1n) is 6.02. The molecule has 0 aliphatic carbocycles. The summed E-state index contributed by atoms with van der Waals surface area (Å²) in [6.07, 6.45) is 3.39. The van der Waals surface area contributed by atoms with Crippen LogP contribution in [0.2, 0.25) is 0 Å². The Morgan fingerprint density at radius 2 is 1.06 bits per heavy atom. The highest BCUT2D eigenvalue weighted by atomic mass is 32.2. The second-order valence-corrected chi connectivity index (χ2v) is 10.8. The van der Waals surface area contributed by atoms with Crippen LogP contribution in [-0.2, 0) is 0 Å². The zero-order valence-corrected chi connectivity index (χ0v) is 13.2. The average Bonchev–Trinajstić information content (AvgIpc) is 2.41. The van der Waals surface area contributed by atoms with Crippen LogP contribution in [0.5, 0.6) is 0 Å². The lowest BCUT2D eigenvalue weighted by Crippen LogP contribution is -2.41. The van der Waals surface area contributed by atoms with Crippen LogP contribution >= 0.6 is 47.0 Å². The van der Waals surface area contributed by atoms with E-state index in [9.17, 15) is 10.2 Å². The molecule has 0 atom stereocenters. The lowest BCUT2D eigenvalue weighted by molar-refractivity contribution is 0.248. The van der Waals surface area contributed by atoms with Crippen molar-refractivity contribution in [1.82, 2.24) is 0 Å². The van der Waals surface area contributed by atoms with Gasteiger partial charge in [0.15, 0.2) is 0 Å². The first kappa shape index (κ1) is 14.7. The molecule has 6 heteroatoms. The summed E-state index contributed by atoms with van der Waals surface area (Å²) in [6.45, 7) is 0.455. The number of aliphatic hydroxyl groups is 2. The van der Waals surface area contributed by atoms with Crippen molar-refractivity contribution >= 4 is 47.0 Å². The summed E-state index contributed by atoms with van der Waals surface area (Å²) in [5, 5.41) is 19.5. The molecule has 0 amide bonds. The van der Waals surface area contributed by atoms with E-state index in [1.165, 1.54) is 12.8 Å². The molecule has 0 aromatic carbocycles. The fraction of sp³-hybridized carbons (Fsp3) is 1.00. The van der Waals surface area contributed by atoms with Crippen molar-refractivity contribution in [2.45, 2.75) is 27.4 Å². The van der Waals surface area contributed by atoms with Gasteiger partial charge in [-0.3, -0.25) is 0 Å². The topological polar surface area (TPSA) is 40.5 Å². The molecule has 2 fully saturated rings. The van der Waals surface area contributed by atoms with E-state index >= 15 is 0 Å². The third-order valence-corrected chi connectivity index (χ3v) is 9.64. The molecular formula is C11H20O2S4. The Bertz CT molecular complexity index is 214. The molecule has 0 spiro atoms. The van der Waals surface area contributed by atoms with E-state index in [0.29, 0.717) is 0 Å². The van der Waals surface area contributed by atoms with Gasteiger partial charge in [-0.25, -0.2) is 0 Å². The smallest absolute Gasteiger partial charge is 0.0862 e. The van der Waals surface area contributed by atoms with Crippen molar-refractivity contribution in [3.63, 3.8) is 0 Å². The van der Waals surface area contributed by atoms with Gasteiger partial charge in [0.25, 0.3) is 0 Å². The highest BCUT2D eigenvalue weighted by Gasteiger charge is 2.44. The van der Waals surface area contributed by atoms with Crippen LogP contribution < -0.4 is 0 Å². The van der Waals surface area contributed by atoms with E-state index in [0.717, 1.165) is 29.4 Å². The Balaban J connectivity index is 2.04. The second kappa shape index (κ2) is 6.66. The summed E-state index contributed by atoms with van der Waals surface area (Å²) >= 11 is 7.57. The van der Waals surface area contributed by atoms with Crippen molar-refractivity contribution in [2.75, 3.05) is 36.2 Å². The van der Waals surface area contributed by atoms with Gasteiger partial charge in [-0.1, -0.05) is 0 Å². The van der Waals surface area contributed by atoms with E-state index in [1.807, 2.05) is 47.0 Å². The highest BCUT2D eigenvalue weighted by molar-refractivity contribution is 8.20. The van der Waals surface area contributed by atoms with Crippen LogP contribution in [-0.4, -0.2) is 54.6 Å². The minimum absolute atomic E-state index is 0.0711. The number of thioether (sulfide) groups is 4. The van der Waals surface area contributed by atoms with E-state index in [4.69, 9.17) is 0 Å². The molecule has 0 aromatic rings. The molecule has 0 radical (unpaired) electrons. The molecule has 2 nitrogen and oxygen atoms in total. The Morgan fingerprint density at radius 1 is 0.706 bits per heavy atom. The minimum atomic E-state index is -0.0711. The Morgan fingerprint density at radius 3 is 1.35 bits per heavy atom. The predicted molar refractivity (Wildman–Crippen MR) is 83.3 cm³/mol. The minimum Gasteiger partial charge on any atom is -0.394 e. The van der Waals surface area contributed by atoms with Gasteiger partial charge in [0.05, 0.1) is 21.4 Å². The normalized spacial score (nSPS) is 27.9. The third-order valence-electron chi connectivity index (χ3n) is 3.06. The molecule has 2 rings (SSSR count). The van der Waals surface area contributed by atoms with Crippen LogP contribution in [0.15, 0.2) is 0 Å². The van der Waals surface area contributed by atoms with E-state index in [-0.39, 0.29) is 21.4 Å². The summed E-state index contributed by atoms with van der Waals surface area (Å²) in [7, 11) is 0. The number of hydrogen-bond acceptors (Lipinski definition) is 6. The predicted octanol–water partition coefficient (Wildman–Crippen LogP) is 2.49. The van der Waals surface area contributed by atoms with Gasteiger partial charge in [-0.05, 0) is 42.3 Å². The van der Waals surface area contributed by atoms with Crippen molar-refractivity contribution in [2.24, 2.45) is 0 Å². The summed E-state index contributed by atoms with van der Waals surface area (Å²) in [6, 6.07) is 0. The first-order chi connectivity index (χ1) is 8.24. The maximum Gasteiger partial charge on any atom is 0.0862 e. The van der Waals surface area contributed by atoms with E-state index in [2.05, 4.69) is 0 Å². The van der Waals surface area contributed by atoms with E-state index in [1.54, 1.807) is 0 Å². The van der Waals surface area contributed by atoms with Crippen molar-refractivity contribution < 1.29 is 10.2 Å². The lowest BCUT2D eigenvalue weighted by atomic mass is 10.2. The van der Waals surface area contributed by atoms with Crippen LogP contribution in [0.25, 0.3) is 0 Å². The quantitative estimate of drug-likeness (QED) is 0.831. The van der Waals surface area contributed by atoms with Crippen molar-refractivity contribution in [3.8, 4) is 0 Å². The molecule has 100 valence electrons. The van der Waals surface area contributed by atoms with Gasteiger partial charge >= 0.3 is 0 Å². The standard InChI is InChI=1S/C11H20O2S4/c12-8-10(14-3-1-4-15-10)7-11(9-13)16-5-2-6-17-11/h12-13H,1-9H2. The summed E-state index contributed by atoms with van der Waals surface area (Å²) in [5.41, 5.74) is 0. The van der Waals surface area contributed by atoms with Gasteiger partial charge in [0.2, 0.25) is 0 Å². The first-order valence-corrected chi connectivity index (χ1v) is 9.96. The Hall–Kier alpha value is 1.32. The molecule has 0 unspecified atom stereocenters. The number of rotatable bonds is 4. The van der Waals surface area contributed by atoms with Gasteiger partial charge in [-0.15, -0.1) is 47.0 Å². The largest absolute Gasteiger partial charge is 0.394 e. The van der Waals surface area contributed by atoms with Gasteiger partial charge in [0.1, 0.15) is 0 Å². The fourth-order valence-electron chi connectivity index (χ4n) is 2.14. The number of hydrogen-bond donors (Lipinski definition) is 2. The zero-order valence-electron chi connectivity index (χ0n) is 9.89. The van der Waals surface area contributed by atoms with Crippen molar-refractivity contribution in [1.29, 1.82) is 0 Å². The highest BCUT2D eigenvalue weighted by Crippen LogP contribution is 2.54. The average molecular weight is 313 g/mol. The molecule has 2 aliphatic rings. The molecule has 2 N–H and O–H groups in total. The summed E-state index contributed by atoms with van der Waals surface area (Å²) in [5.74, 6) is 4.57.